The number of amides is 1. The highest BCUT2D eigenvalue weighted by atomic mass is 16.2. The Kier molecular flexibility index (Phi) is 7.13. The number of hydrogen-bond acceptors (Lipinski definition) is 8. The van der Waals surface area contributed by atoms with Crippen molar-refractivity contribution >= 4 is 23.4 Å². The molecule has 1 aromatic carbocycles. The lowest BCUT2D eigenvalue weighted by Gasteiger charge is -2.35. The lowest BCUT2D eigenvalue weighted by Crippen LogP contribution is -2.46. The molecule has 0 spiro atoms. The van der Waals surface area contributed by atoms with E-state index in [1.165, 1.54) is 5.56 Å². The van der Waals surface area contributed by atoms with Gasteiger partial charge in [0.15, 0.2) is 5.82 Å². The number of carbonyl (C=O) groups is 1. The summed E-state index contributed by atoms with van der Waals surface area (Å²) in [6, 6.07) is 16.4. The molecule has 4 heterocycles. The first-order valence-corrected chi connectivity index (χ1v) is 12.3. The van der Waals surface area contributed by atoms with Gasteiger partial charge >= 0.3 is 0 Å². The minimum atomic E-state index is -0.0374. The Hall–Kier alpha value is -3.59. The van der Waals surface area contributed by atoms with Crippen LogP contribution in [0.3, 0.4) is 0 Å². The highest BCUT2D eigenvalue weighted by Crippen LogP contribution is 2.23. The summed E-state index contributed by atoms with van der Waals surface area (Å²) >= 11 is 0. The Morgan fingerprint density at radius 3 is 2.34 bits per heavy atom. The molecule has 3 aromatic rings. The minimum absolute atomic E-state index is 0.0250. The van der Waals surface area contributed by atoms with Crippen LogP contribution in [-0.2, 0) is 11.3 Å². The van der Waals surface area contributed by atoms with Gasteiger partial charge in [0.05, 0.1) is 5.69 Å². The first kappa shape index (κ1) is 23.2. The van der Waals surface area contributed by atoms with E-state index in [1.54, 1.807) is 6.33 Å². The topological polar surface area (TPSA) is 90.4 Å². The monoisotopic (exact) mass is 472 g/mol. The quantitative estimate of drug-likeness (QED) is 0.586. The fourth-order valence-electron chi connectivity index (χ4n) is 4.72. The Bertz CT molecular complexity index is 1110. The fraction of sp³-hybridized carbons (Fsp3) is 0.423. The summed E-state index contributed by atoms with van der Waals surface area (Å²) in [6.07, 6.45) is 3.10. The van der Waals surface area contributed by atoms with Gasteiger partial charge in [0.25, 0.3) is 0 Å². The molecule has 1 N–H and O–H groups in total. The molecule has 2 saturated heterocycles. The first-order chi connectivity index (χ1) is 17.1. The van der Waals surface area contributed by atoms with Gasteiger partial charge in [0.2, 0.25) is 5.91 Å². The second-order valence-electron chi connectivity index (χ2n) is 9.29. The molecule has 0 aliphatic carbocycles. The summed E-state index contributed by atoms with van der Waals surface area (Å²) in [7, 11) is 0. The van der Waals surface area contributed by atoms with Gasteiger partial charge in [-0.2, -0.15) is 5.10 Å². The lowest BCUT2D eigenvalue weighted by molar-refractivity contribution is -0.120. The molecule has 35 heavy (non-hydrogen) atoms. The summed E-state index contributed by atoms with van der Waals surface area (Å²) in [5.41, 5.74) is 2.24. The number of nitrogens with zero attached hydrogens (tertiary/aromatic N) is 7. The van der Waals surface area contributed by atoms with Crippen molar-refractivity contribution in [2.45, 2.75) is 26.3 Å². The summed E-state index contributed by atoms with van der Waals surface area (Å²) in [6.45, 7) is 8.23. The number of hydrogen-bond donors (Lipinski definition) is 1. The second kappa shape index (κ2) is 10.8. The van der Waals surface area contributed by atoms with E-state index in [0.29, 0.717) is 5.82 Å². The molecule has 182 valence electrons. The maximum Gasteiger partial charge on any atom is 0.228 e. The van der Waals surface area contributed by atoms with Gasteiger partial charge in [-0.15, -0.1) is 5.10 Å². The molecule has 0 radical (unpaired) electrons. The van der Waals surface area contributed by atoms with Crippen LogP contribution in [0, 0.1) is 12.8 Å². The average Bonchev–Trinajstić information content (AvgIpc) is 2.90. The Labute approximate surface area is 206 Å². The third-order valence-corrected chi connectivity index (χ3v) is 6.82. The summed E-state index contributed by atoms with van der Waals surface area (Å²) in [5, 5.41) is 11.4. The molecule has 1 amide bonds. The molecule has 0 bridgehead atoms. The van der Waals surface area contributed by atoms with Crippen molar-refractivity contribution in [3.8, 4) is 0 Å². The molecule has 0 unspecified atom stereocenters. The van der Waals surface area contributed by atoms with Crippen LogP contribution in [0.4, 0.5) is 17.5 Å². The van der Waals surface area contributed by atoms with Gasteiger partial charge < -0.3 is 15.1 Å². The van der Waals surface area contributed by atoms with Crippen LogP contribution < -0.4 is 15.1 Å². The molecule has 2 aromatic heterocycles. The molecule has 5 rings (SSSR count). The van der Waals surface area contributed by atoms with Crippen molar-refractivity contribution in [1.29, 1.82) is 0 Å². The zero-order valence-electron chi connectivity index (χ0n) is 20.2. The van der Waals surface area contributed by atoms with E-state index in [9.17, 15) is 4.79 Å². The summed E-state index contributed by atoms with van der Waals surface area (Å²) in [4.78, 5) is 28.6. The van der Waals surface area contributed by atoms with E-state index in [-0.39, 0.29) is 11.8 Å². The molecular formula is C26H32N8O. The van der Waals surface area contributed by atoms with Crippen LogP contribution in [0.2, 0.25) is 0 Å². The number of piperazine rings is 1. The number of rotatable bonds is 6. The van der Waals surface area contributed by atoms with Gasteiger partial charge in [-0.05, 0) is 37.5 Å². The number of benzene rings is 1. The molecule has 2 aliphatic rings. The van der Waals surface area contributed by atoms with Crippen LogP contribution in [0.25, 0.3) is 0 Å². The number of carbonyl (C=O) groups excluding carboxylic acids is 1. The lowest BCUT2D eigenvalue weighted by atomic mass is 9.96. The van der Waals surface area contributed by atoms with Crippen LogP contribution in [0.5, 0.6) is 0 Å². The normalized spacial score (nSPS) is 17.4. The smallest absolute Gasteiger partial charge is 0.228 e. The maximum absolute atomic E-state index is 12.9. The maximum atomic E-state index is 12.9. The zero-order valence-corrected chi connectivity index (χ0v) is 20.2. The average molecular weight is 473 g/mol. The molecular weight excluding hydrogens is 440 g/mol. The van der Waals surface area contributed by atoms with Crippen LogP contribution in [0.1, 0.15) is 24.1 Å². The highest BCUT2D eigenvalue weighted by molar-refractivity contribution is 5.92. The Morgan fingerprint density at radius 2 is 1.63 bits per heavy atom. The van der Waals surface area contributed by atoms with Crippen molar-refractivity contribution in [2.24, 2.45) is 5.92 Å². The minimum Gasteiger partial charge on any atom is -0.355 e. The highest BCUT2D eigenvalue weighted by Gasteiger charge is 2.26. The molecule has 2 aliphatic heterocycles. The summed E-state index contributed by atoms with van der Waals surface area (Å²) in [5.74, 6) is 2.29. The predicted octanol–water partition coefficient (Wildman–Crippen LogP) is 2.75. The zero-order chi connectivity index (χ0) is 24.0. The first-order valence-electron chi connectivity index (χ1n) is 12.3. The molecule has 9 nitrogen and oxygen atoms in total. The molecule has 0 saturated carbocycles. The van der Waals surface area contributed by atoms with Crippen molar-refractivity contribution in [1.82, 2.24) is 25.1 Å². The van der Waals surface area contributed by atoms with E-state index in [1.807, 2.05) is 25.1 Å². The molecule has 2 fully saturated rings. The van der Waals surface area contributed by atoms with Gasteiger partial charge in [0, 0.05) is 57.8 Å². The standard InChI is InChI=1S/C26H32N8O/c1-20-7-8-24(31-30-20)33-11-9-22(10-12-33)26(35)29-23-17-25(28-19-27-23)34-15-13-32(14-16-34)18-21-5-3-2-4-6-21/h2-8,17,19,22H,9-16,18H2,1H3,(H,27,28,29,35). The largest absolute Gasteiger partial charge is 0.355 e. The van der Waals surface area contributed by atoms with E-state index in [2.05, 4.69) is 70.5 Å². The predicted molar refractivity (Wildman–Crippen MR) is 136 cm³/mol. The van der Waals surface area contributed by atoms with Crippen molar-refractivity contribution in [3.63, 3.8) is 0 Å². The van der Waals surface area contributed by atoms with Gasteiger partial charge in [0.1, 0.15) is 18.0 Å². The number of anilines is 3. The van der Waals surface area contributed by atoms with E-state index >= 15 is 0 Å². The summed E-state index contributed by atoms with van der Waals surface area (Å²) < 4.78 is 0. The van der Waals surface area contributed by atoms with E-state index in [0.717, 1.165) is 76.0 Å². The van der Waals surface area contributed by atoms with Gasteiger partial charge in [-0.3, -0.25) is 9.69 Å². The van der Waals surface area contributed by atoms with Crippen molar-refractivity contribution in [3.05, 3.63) is 66.1 Å². The van der Waals surface area contributed by atoms with Crippen LogP contribution in [-0.4, -0.2) is 70.2 Å². The Morgan fingerprint density at radius 1 is 0.886 bits per heavy atom. The number of piperidine rings is 1. The molecule has 9 heteroatoms. The van der Waals surface area contributed by atoms with Crippen molar-refractivity contribution in [2.75, 3.05) is 54.4 Å². The number of aryl methyl sites for hydroxylation is 1. The third-order valence-electron chi connectivity index (χ3n) is 6.82. The van der Waals surface area contributed by atoms with Crippen molar-refractivity contribution < 1.29 is 4.79 Å². The Balaban J connectivity index is 1.11. The molecule has 0 atom stereocenters. The van der Waals surface area contributed by atoms with Gasteiger partial charge in [-0.1, -0.05) is 30.3 Å². The van der Waals surface area contributed by atoms with Gasteiger partial charge in [-0.25, -0.2) is 9.97 Å². The second-order valence-corrected chi connectivity index (χ2v) is 9.29. The number of nitrogens with one attached hydrogen (secondary N) is 1. The van der Waals surface area contributed by atoms with Crippen LogP contribution >= 0.6 is 0 Å². The van der Waals surface area contributed by atoms with Crippen LogP contribution in [0.15, 0.2) is 54.9 Å². The van der Waals surface area contributed by atoms with E-state index in [4.69, 9.17) is 0 Å². The number of aromatic nitrogens is 4. The van der Waals surface area contributed by atoms with E-state index < -0.39 is 0 Å². The SMILES string of the molecule is Cc1ccc(N2CCC(C(=O)Nc3cc(N4CCN(Cc5ccccc5)CC4)ncn3)CC2)nn1. The fourth-order valence-corrected chi connectivity index (χ4v) is 4.72. The third kappa shape index (κ3) is 5.92.